The fraction of sp³-hybridized carbons (Fsp3) is 0.333. The number of aromatic nitrogens is 2. The Morgan fingerprint density at radius 3 is 2.95 bits per heavy atom. The smallest absolute Gasteiger partial charge is 0.168 e. The Morgan fingerprint density at radius 2 is 2.25 bits per heavy atom. The summed E-state index contributed by atoms with van der Waals surface area (Å²) in [6, 6.07) is 9.22. The van der Waals surface area contributed by atoms with E-state index in [2.05, 4.69) is 5.10 Å². The highest BCUT2D eigenvalue weighted by Gasteiger charge is 2.20. The second kappa shape index (κ2) is 5.77. The Kier molecular flexibility index (Phi) is 3.85. The Bertz CT molecular complexity index is 618. The molecule has 1 unspecified atom stereocenters. The molecule has 0 saturated carbocycles. The van der Waals surface area contributed by atoms with Crippen LogP contribution in [0.5, 0.6) is 0 Å². The number of carbonyl (C=O) groups excluding carboxylic acids is 1. The summed E-state index contributed by atoms with van der Waals surface area (Å²) >= 11 is 6.00. The van der Waals surface area contributed by atoms with E-state index in [1.165, 1.54) is 0 Å². The molecule has 1 atom stereocenters. The molecule has 0 bridgehead atoms. The van der Waals surface area contributed by atoms with Crippen molar-refractivity contribution in [2.75, 3.05) is 6.61 Å². The van der Waals surface area contributed by atoms with Crippen LogP contribution in [0.1, 0.15) is 36.0 Å². The van der Waals surface area contributed by atoms with Gasteiger partial charge in [0, 0.05) is 17.2 Å². The molecule has 2 aromatic rings. The van der Waals surface area contributed by atoms with E-state index in [0.717, 1.165) is 43.4 Å². The first-order chi connectivity index (χ1) is 9.78. The maximum Gasteiger partial charge on any atom is 0.168 e. The minimum atomic E-state index is -0.142. The molecule has 1 aliphatic heterocycles. The molecule has 0 amide bonds. The number of hydrogen-bond donors (Lipinski definition) is 0. The normalized spacial score (nSPS) is 18.9. The number of nitrogens with zero attached hydrogens (tertiary/aromatic N) is 2. The molecule has 1 aliphatic rings. The van der Waals surface area contributed by atoms with Gasteiger partial charge in [-0.2, -0.15) is 5.10 Å². The summed E-state index contributed by atoms with van der Waals surface area (Å²) in [6.45, 7) is 0.718. The lowest BCUT2D eigenvalue weighted by Gasteiger charge is -2.23. The van der Waals surface area contributed by atoms with Crippen LogP contribution >= 0.6 is 11.6 Å². The van der Waals surface area contributed by atoms with Gasteiger partial charge in [0.15, 0.2) is 12.5 Å². The SMILES string of the molecule is O=Cc1cc(-c2cccc(Cl)c2)nn1C1CCCCO1. The summed E-state index contributed by atoms with van der Waals surface area (Å²) in [5.41, 5.74) is 2.17. The van der Waals surface area contributed by atoms with Crippen molar-refractivity contribution >= 4 is 17.9 Å². The number of halogens is 1. The van der Waals surface area contributed by atoms with Gasteiger partial charge >= 0.3 is 0 Å². The van der Waals surface area contributed by atoms with Gasteiger partial charge in [-0.05, 0) is 37.5 Å². The minimum absolute atomic E-state index is 0.142. The van der Waals surface area contributed by atoms with E-state index in [4.69, 9.17) is 16.3 Å². The van der Waals surface area contributed by atoms with Crippen LogP contribution in [0, 0.1) is 0 Å². The molecule has 0 aliphatic carbocycles. The lowest BCUT2D eigenvalue weighted by Crippen LogP contribution is -2.20. The molecular formula is C15H15ClN2O2. The van der Waals surface area contributed by atoms with Crippen LogP contribution in [0.4, 0.5) is 0 Å². The van der Waals surface area contributed by atoms with E-state index in [1.807, 2.05) is 24.3 Å². The quantitative estimate of drug-likeness (QED) is 0.809. The van der Waals surface area contributed by atoms with Gasteiger partial charge in [0.25, 0.3) is 0 Å². The largest absolute Gasteiger partial charge is 0.356 e. The van der Waals surface area contributed by atoms with Gasteiger partial charge < -0.3 is 4.74 Å². The number of rotatable bonds is 3. The Balaban J connectivity index is 1.97. The highest BCUT2D eigenvalue weighted by atomic mass is 35.5. The molecule has 20 heavy (non-hydrogen) atoms. The monoisotopic (exact) mass is 290 g/mol. The molecule has 1 aromatic carbocycles. The molecule has 0 radical (unpaired) electrons. The Hall–Kier alpha value is -1.65. The van der Waals surface area contributed by atoms with Crippen molar-refractivity contribution < 1.29 is 9.53 Å². The van der Waals surface area contributed by atoms with Crippen LogP contribution in [-0.2, 0) is 4.74 Å². The zero-order valence-electron chi connectivity index (χ0n) is 11.0. The van der Waals surface area contributed by atoms with Crippen molar-refractivity contribution in [3.8, 4) is 11.3 Å². The van der Waals surface area contributed by atoms with Crippen LogP contribution in [0.2, 0.25) is 5.02 Å². The number of benzene rings is 1. The lowest BCUT2D eigenvalue weighted by molar-refractivity contribution is -0.0401. The zero-order valence-corrected chi connectivity index (χ0v) is 11.7. The number of hydrogen-bond acceptors (Lipinski definition) is 3. The summed E-state index contributed by atoms with van der Waals surface area (Å²) in [4.78, 5) is 11.2. The second-order valence-electron chi connectivity index (χ2n) is 4.85. The van der Waals surface area contributed by atoms with Gasteiger partial charge in [-0.25, -0.2) is 4.68 Å². The van der Waals surface area contributed by atoms with Crippen LogP contribution in [0.3, 0.4) is 0 Å². The fourth-order valence-corrected chi connectivity index (χ4v) is 2.62. The fourth-order valence-electron chi connectivity index (χ4n) is 2.43. The van der Waals surface area contributed by atoms with E-state index >= 15 is 0 Å². The van der Waals surface area contributed by atoms with Gasteiger partial charge in [-0.15, -0.1) is 0 Å². The minimum Gasteiger partial charge on any atom is -0.356 e. The molecular weight excluding hydrogens is 276 g/mol. The molecule has 3 rings (SSSR count). The van der Waals surface area contributed by atoms with Crippen molar-refractivity contribution in [3.05, 3.63) is 41.0 Å². The van der Waals surface area contributed by atoms with Crippen LogP contribution in [0.25, 0.3) is 11.3 Å². The molecule has 4 nitrogen and oxygen atoms in total. The average Bonchev–Trinajstić information content (AvgIpc) is 2.92. The second-order valence-corrected chi connectivity index (χ2v) is 5.28. The first kappa shape index (κ1) is 13.3. The van der Waals surface area contributed by atoms with E-state index in [0.29, 0.717) is 10.7 Å². The van der Waals surface area contributed by atoms with Crippen LogP contribution < -0.4 is 0 Å². The van der Waals surface area contributed by atoms with Crippen molar-refractivity contribution in [3.63, 3.8) is 0 Å². The average molecular weight is 291 g/mol. The molecule has 0 N–H and O–H groups in total. The third-order valence-corrected chi connectivity index (χ3v) is 3.67. The molecule has 0 spiro atoms. The Labute approximate surface area is 122 Å². The van der Waals surface area contributed by atoms with Crippen molar-refractivity contribution in [1.82, 2.24) is 9.78 Å². The van der Waals surface area contributed by atoms with E-state index in [9.17, 15) is 4.79 Å². The number of ether oxygens (including phenoxy) is 1. The molecule has 1 saturated heterocycles. The molecule has 5 heteroatoms. The molecule has 2 heterocycles. The highest BCUT2D eigenvalue weighted by Crippen LogP contribution is 2.27. The van der Waals surface area contributed by atoms with Gasteiger partial charge in [-0.3, -0.25) is 4.79 Å². The van der Waals surface area contributed by atoms with Gasteiger partial charge in [0.05, 0.1) is 5.69 Å². The van der Waals surface area contributed by atoms with Crippen LogP contribution in [0.15, 0.2) is 30.3 Å². The van der Waals surface area contributed by atoms with Crippen molar-refractivity contribution in [2.24, 2.45) is 0 Å². The third kappa shape index (κ3) is 2.62. The number of aldehydes is 1. The standard InChI is InChI=1S/C15H15ClN2O2/c16-12-5-3-4-11(8-12)14-9-13(10-19)18(17-14)15-6-1-2-7-20-15/h3-5,8-10,15H,1-2,6-7H2. The summed E-state index contributed by atoms with van der Waals surface area (Å²) in [7, 11) is 0. The van der Waals surface area contributed by atoms with Crippen LogP contribution in [-0.4, -0.2) is 22.7 Å². The highest BCUT2D eigenvalue weighted by molar-refractivity contribution is 6.30. The first-order valence-electron chi connectivity index (χ1n) is 6.70. The summed E-state index contributed by atoms with van der Waals surface area (Å²) in [5.74, 6) is 0. The van der Waals surface area contributed by atoms with E-state index in [1.54, 1.807) is 10.7 Å². The molecule has 1 fully saturated rings. The molecule has 1 aromatic heterocycles. The first-order valence-corrected chi connectivity index (χ1v) is 7.08. The summed E-state index contributed by atoms with van der Waals surface area (Å²) < 4.78 is 7.38. The summed E-state index contributed by atoms with van der Waals surface area (Å²) in [5, 5.41) is 5.17. The van der Waals surface area contributed by atoms with Crippen molar-refractivity contribution in [2.45, 2.75) is 25.5 Å². The van der Waals surface area contributed by atoms with Gasteiger partial charge in [0.2, 0.25) is 0 Å². The van der Waals surface area contributed by atoms with Gasteiger partial charge in [0.1, 0.15) is 5.69 Å². The third-order valence-electron chi connectivity index (χ3n) is 3.43. The van der Waals surface area contributed by atoms with Crippen molar-refractivity contribution in [1.29, 1.82) is 0 Å². The predicted molar refractivity (Wildman–Crippen MR) is 76.9 cm³/mol. The van der Waals surface area contributed by atoms with E-state index < -0.39 is 0 Å². The Morgan fingerprint density at radius 1 is 1.35 bits per heavy atom. The maximum absolute atomic E-state index is 11.2. The van der Waals surface area contributed by atoms with E-state index in [-0.39, 0.29) is 6.23 Å². The summed E-state index contributed by atoms with van der Waals surface area (Å²) in [6.07, 6.45) is 3.72. The topological polar surface area (TPSA) is 44.1 Å². The molecule has 104 valence electrons. The lowest BCUT2D eigenvalue weighted by atomic mass is 10.1. The number of carbonyl (C=O) groups is 1. The zero-order chi connectivity index (χ0) is 13.9. The van der Waals surface area contributed by atoms with Gasteiger partial charge in [-0.1, -0.05) is 23.7 Å². The predicted octanol–water partition coefficient (Wildman–Crippen LogP) is 3.72. The maximum atomic E-state index is 11.2.